The van der Waals surface area contributed by atoms with Crippen LogP contribution in [-0.2, 0) is 4.79 Å². The van der Waals surface area contributed by atoms with Crippen LogP contribution < -0.4 is 10.2 Å². The Bertz CT molecular complexity index is 987. The van der Waals surface area contributed by atoms with Crippen molar-refractivity contribution in [1.82, 2.24) is 0 Å². The normalized spacial score (nSPS) is 17.3. The molecule has 0 spiro atoms. The van der Waals surface area contributed by atoms with E-state index in [1.165, 1.54) is 12.1 Å². The van der Waals surface area contributed by atoms with Crippen molar-refractivity contribution in [3.05, 3.63) is 72.5 Å². The molecule has 1 fully saturated rings. The lowest BCUT2D eigenvalue weighted by Gasteiger charge is -2.17. The molecule has 1 saturated heterocycles. The first-order valence-electron chi connectivity index (χ1n) is 7.68. The number of imide groups is 1. The number of hydrogen-bond acceptors (Lipinski definition) is 4. The van der Waals surface area contributed by atoms with Gasteiger partial charge < -0.3 is 5.32 Å². The van der Waals surface area contributed by atoms with Gasteiger partial charge in [0.15, 0.2) is 5.37 Å². The maximum atomic E-state index is 13.8. The minimum Gasteiger partial charge on any atom is -0.363 e. The van der Waals surface area contributed by atoms with Crippen LogP contribution in [0.25, 0.3) is 10.8 Å². The van der Waals surface area contributed by atoms with Crippen molar-refractivity contribution in [3.63, 3.8) is 0 Å². The van der Waals surface area contributed by atoms with Gasteiger partial charge in [0.1, 0.15) is 5.82 Å². The van der Waals surface area contributed by atoms with Gasteiger partial charge in [-0.15, -0.1) is 0 Å². The molecule has 25 heavy (non-hydrogen) atoms. The fraction of sp³-hybridized carbons (Fsp3) is 0.0526. The fourth-order valence-electron chi connectivity index (χ4n) is 2.84. The van der Waals surface area contributed by atoms with E-state index in [9.17, 15) is 14.0 Å². The van der Waals surface area contributed by atoms with Crippen LogP contribution in [0.5, 0.6) is 0 Å². The van der Waals surface area contributed by atoms with E-state index >= 15 is 0 Å². The van der Waals surface area contributed by atoms with E-state index in [1.807, 2.05) is 30.3 Å². The first-order chi connectivity index (χ1) is 12.1. The Hall–Kier alpha value is -2.86. The quantitative estimate of drug-likeness (QED) is 0.747. The van der Waals surface area contributed by atoms with Crippen LogP contribution in [0.1, 0.15) is 0 Å². The van der Waals surface area contributed by atoms with E-state index in [2.05, 4.69) is 5.32 Å². The summed E-state index contributed by atoms with van der Waals surface area (Å²) in [5.74, 6) is -0.874. The molecule has 1 N–H and O–H groups in total. The Morgan fingerprint density at radius 2 is 1.64 bits per heavy atom. The highest BCUT2D eigenvalue weighted by molar-refractivity contribution is 8.16. The third kappa shape index (κ3) is 2.74. The topological polar surface area (TPSA) is 49.4 Å². The molecule has 1 unspecified atom stereocenters. The summed E-state index contributed by atoms with van der Waals surface area (Å²) < 4.78 is 13.8. The molecule has 2 amide bonds. The van der Waals surface area contributed by atoms with E-state index in [1.54, 1.807) is 24.3 Å². The molecule has 3 aromatic carbocycles. The third-order valence-electron chi connectivity index (χ3n) is 4.01. The summed E-state index contributed by atoms with van der Waals surface area (Å²) in [7, 11) is 0. The molecule has 3 aromatic rings. The monoisotopic (exact) mass is 352 g/mol. The van der Waals surface area contributed by atoms with E-state index < -0.39 is 17.1 Å². The van der Waals surface area contributed by atoms with Crippen molar-refractivity contribution in [2.75, 3.05) is 10.2 Å². The molecule has 0 aliphatic carbocycles. The van der Waals surface area contributed by atoms with Gasteiger partial charge in [-0.3, -0.25) is 9.59 Å². The lowest BCUT2D eigenvalue weighted by Crippen LogP contribution is -2.34. The second-order valence-corrected chi connectivity index (χ2v) is 6.62. The largest absolute Gasteiger partial charge is 0.363 e. The molecule has 124 valence electrons. The SMILES string of the molecule is O=C1SC(Nc2ccccc2F)C(=O)N1c1cccc2ccccc12. The molecule has 1 aliphatic rings. The zero-order valence-corrected chi connectivity index (χ0v) is 13.8. The maximum Gasteiger partial charge on any atom is 0.295 e. The van der Waals surface area contributed by atoms with Crippen molar-refractivity contribution < 1.29 is 14.0 Å². The molecule has 1 heterocycles. The van der Waals surface area contributed by atoms with Crippen molar-refractivity contribution >= 4 is 45.1 Å². The van der Waals surface area contributed by atoms with Gasteiger partial charge in [-0.05, 0) is 35.3 Å². The van der Waals surface area contributed by atoms with E-state index in [0.717, 1.165) is 27.4 Å². The van der Waals surface area contributed by atoms with Crippen LogP contribution in [0, 0.1) is 5.82 Å². The van der Waals surface area contributed by atoms with Gasteiger partial charge in [-0.1, -0.05) is 48.5 Å². The van der Waals surface area contributed by atoms with Gasteiger partial charge in [0.2, 0.25) is 0 Å². The van der Waals surface area contributed by atoms with Crippen LogP contribution in [0.3, 0.4) is 0 Å². The number of carbonyl (C=O) groups is 2. The summed E-state index contributed by atoms with van der Waals surface area (Å²) in [6.07, 6.45) is 0. The van der Waals surface area contributed by atoms with Gasteiger partial charge in [0.25, 0.3) is 11.1 Å². The van der Waals surface area contributed by atoms with Crippen molar-refractivity contribution in [2.24, 2.45) is 0 Å². The second-order valence-electron chi connectivity index (χ2n) is 5.56. The first kappa shape index (κ1) is 15.7. The minimum absolute atomic E-state index is 0.195. The fourth-order valence-corrected chi connectivity index (χ4v) is 3.73. The van der Waals surface area contributed by atoms with Crippen molar-refractivity contribution in [3.8, 4) is 0 Å². The van der Waals surface area contributed by atoms with Crippen LogP contribution in [0.4, 0.5) is 20.6 Å². The van der Waals surface area contributed by atoms with Gasteiger partial charge in [-0.25, -0.2) is 9.29 Å². The van der Waals surface area contributed by atoms with Crippen LogP contribution in [-0.4, -0.2) is 16.5 Å². The molecule has 6 heteroatoms. The Kier molecular flexibility index (Phi) is 3.89. The number of hydrogen-bond donors (Lipinski definition) is 1. The van der Waals surface area contributed by atoms with Crippen molar-refractivity contribution in [1.29, 1.82) is 0 Å². The minimum atomic E-state index is -0.858. The standard InChI is InChI=1S/C19H13FN2O2S/c20-14-9-3-4-10-15(14)21-17-18(23)22(19(24)25-17)16-11-5-7-12-6-1-2-8-13(12)16/h1-11,17,21H. The average Bonchev–Trinajstić information content (AvgIpc) is 2.90. The molecular formula is C19H13FN2O2S. The number of anilines is 2. The number of halogens is 1. The van der Waals surface area contributed by atoms with Gasteiger partial charge >= 0.3 is 0 Å². The summed E-state index contributed by atoms with van der Waals surface area (Å²) in [6, 6.07) is 19.1. The lowest BCUT2D eigenvalue weighted by atomic mass is 10.1. The lowest BCUT2D eigenvalue weighted by molar-refractivity contribution is -0.116. The summed E-state index contributed by atoms with van der Waals surface area (Å²) >= 11 is 0.848. The van der Waals surface area contributed by atoms with Crippen LogP contribution in [0.15, 0.2) is 66.7 Å². The predicted molar refractivity (Wildman–Crippen MR) is 98.2 cm³/mol. The number of carbonyl (C=O) groups excluding carboxylic acids is 2. The van der Waals surface area contributed by atoms with Crippen molar-refractivity contribution in [2.45, 2.75) is 5.37 Å². The number of fused-ring (bicyclic) bond motifs is 1. The first-order valence-corrected chi connectivity index (χ1v) is 8.56. The molecule has 4 nitrogen and oxygen atoms in total. The summed E-state index contributed by atoms with van der Waals surface area (Å²) in [4.78, 5) is 26.4. The van der Waals surface area contributed by atoms with E-state index in [4.69, 9.17) is 0 Å². The Morgan fingerprint density at radius 1 is 0.920 bits per heavy atom. The second kappa shape index (κ2) is 6.22. The smallest absolute Gasteiger partial charge is 0.295 e. The predicted octanol–water partition coefficient (Wildman–Crippen LogP) is 4.62. The number of amides is 2. The molecule has 1 aliphatic heterocycles. The van der Waals surface area contributed by atoms with Crippen LogP contribution in [0.2, 0.25) is 0 Å². The Balaban J connectivity index is 1.69. The molecule has 1 atom stereocenters. The molecule has 0 radical (unpaired) electrons. The zero-order valence-electron chi connectivity index (χ0n) is 13.0. The average molecular weight is 352 g/mol. The number of thioether (sulfide) groups is 1. The highest BCUT2D eigenvalue weighted by Crippen LogP contribution is 2.36. The Morgan fingerprint density at radius 3 is 2.48 bits per heavy atom. The number of nitrogens with one attached hydrogen (secondary N) is 1. The molecule has 0 bridgehead atoms. The van der Waals surface area contributed by atoms with Gasteiger partial charge in [0.05, 0.1) is 11.4 Å². The third-order valence-corrected chi connectivity index (χ3v) is 4.95. The van der Waals surface area contributed by atoms with E-state index in [-0.39, 0.29) is 10.9 Å². The highest BCUT2D eigenvalue weighted by atomic mass is 32.2. The van der Waals surface area contributed by atoms with Crippen LogP contribution >= 0.6 is 11.8 Å². The molecule has 0 aromatic heterocycles. The van der Waals surface area contributed by atoms with Gasteiger partial charge in [-0.2, -0.15) is 0 Å². The zero-order chi connectivity index (χ0) is 17.4. The number of para-hydroxylation sites is 1. The summed E-state index contributed by atoms with van der Waals surface area (Å²) in [6.45, 7) is 0. The van der Waals surface area contributed by atoms with Gasteiger partial charge in [0, 0.05) is 5.39 Å². The summed E-state index contributed by atoms with van der Waals surface area (Å²) in [5.41, 5.74) is 0.736. The maximum absolute atomic E-state index is 13.8. The molecule has 4 rings (SSSR count). The summed E-state index contributed by atoms with van der Waals surface area (Å²) in [5, 5.41) is 3.33. The number of rotatable bonds is 3. The van der Waals surface area contributed by atoms with E-state index in [0.29, 0.717) is 5.69 Å². The highest BCUT2D eigenvalue weighted by Gasteiger charge is 2.41. The Labute approximate surface area is 147 Å². The number of benzene rings is 3. The molecular weight excluding hydrogens is 339 g/mol. The number of nitrogens with zero attached hydrogens (tertiary/aromatic N) is 1. The molecule has 0 saturated carbocycles.